The number of amidine groups is 2. The highest BCUT2D eigenvalue weighted by molar-refractivity contribution is 6.17. The molecule has 12 rings (SSSR count). The Labute approximate surface area is 358 Å². The van der Waals surface area contributed by atoms with Crippen molar-refractivity contribution >= 4 is 55.4 Å². The standard InChI is InChI=1S/C57H38N4O/c1-5-15-37(16-6-1)41-23-13-24-44(33-41)56-58-55(40-21-11-4-12-22-40)59-57(60-56)45-27-30-46-47-25-14-26-52(54(47)62-53(46)36-45)61-50-31-28-42(38-17-7-2-8-18-38)34-48(50)49-35-43(29-32-51(49)61)39-19-9-3-10-20-39/h1-36,56H,(H,58,59,60). The highest BCUT2D eigenvalue weighted by Crippen LogP contribution is 2.41. The predicted molar refractivity (Wildman–Crippen MR) is 256 cm³/mol. The molecule has 0 aliphatic carbocycles. The molecule has 1 aliphatic rings. The molecule has 1 unspecified atom stereocenters. The maximum absolute atomic E-state index is 6.98. The normalized spacial score (nSPS) is 14.0. The molecule has 0 bridgehead atoms. The number of hydrogen-bond acceptors (Lipinski definition) is 4. The number of nitrogens with one attached hydrogen (secondary N) is 1. The Morgan fingerprint density at radius 3 is 1.55 bits per heavy atom. The van der Waals surface area contributed by atoms with E-state index in [4.69, 9.17) is 14.4 Å². The Bertz CT molecular complexity index is 3430. The lowest BCUT2D eigenvalue weighted by Gasteiger charge is -2.24. The minimum atomic E-state index is -0.348. The number of nitrogens with zero attached hydrogens (tertiary/aromatic N) is 3. The fraction of sp³-hybridized carbons (Fsp3) is 0.0175. The van der Waals surface area contributed by atoms with Crippen molar-refractivity contribution in [2.24, 2.45) is 9.98 Å². The number of para-hydroxylation sites is 1. The van der Waals surface area contributed by atoms with Gasteiger partial charge in [-0.2, -0.15) is 0 Å². The molecule has 0 radical (unpaired) electrons. The quantitative estimate of drug-likeness (QED) is 0.175. The van der Waals surface area contributed by atoms with Gasteiger partial charge in [0.1, 0.15) is 17.6 Å². The number of aliphatic imine (C=N–C) groups is 2. The summed E-state index contributed by atoms with van der Waals surface area (Å²) in [6.07, 6.45) is -0.348. The lowest BCUT2D eigenvalue weighted by atomic mass is 10.0. The van der Waals surface area contributed by atoms with E-state index in [0.29, 0.717) is 5.84 Å². The van der Waals surface area contributed by atoms with Gasteiger partial charge in [-0.1, -0.05) is 170 Å². The summed E-state index contributed by atoms with van der Waals surface area (Å²) >= 11 is 0. The molecule has 11 aromatic rings. The first kappa shape index (κ1) is 35.6. The zero-order valence-electron chi connectivity index (χ0n) is 33.6. The third-order valence-electron chi connectivity index (χ3n) is 12.1. The van der Waals surface area contributed by atoms with E-state index in [1.165, 1.54) is 33.0 Å². The second kappa shape index (κ2) is 14.8. The summed E-state index contributed by atoms with van der Waals surface area (Å²) in [5.41, 5.74) is 14.8. The van der Waals surface area contributed by atoms with Crippen molar-refractivity contribution in [1.82, 2.24) is 9.88 Å². The summed E-state index contributed by atoms with van der Waals surface area (Å²) in [4.78, 5) is 10.3. The summed E-state index contributed by atoms with van der Waals surface area (Å²) in [6.45, 7) is 0. The summed E-state index contributed by atoms with van der Waals surface area (Å²) in [6, 6.07) is 77.0. The van der Waals surface area contributed by atoms with Crippen LogP contribution < -0.4 is 5.32 Å². The van der Waals surface area contributed by atoms with Gasteiger partial charge in [0.25, 0.3) is 0 Å². The number of hydrogen-bond donors (Lipinski definition) is 1. The fourth-order valence-electron chi connectivity index (χ4n) is 9.01. The van der Waals surface area contributed by atoms with E-state index < -0.39 is 0 Å². The van der Waals surface area contributed by atoms with Gasteiger partial charge in [0.2, 0.25) is 0 Å². The number of rotatable bonds is 7. The summed E-state index contributed by atoms with van der Waals surface area (Å²) in [5.74, 6) is 1.42. The average Bonchev–Trinajstić information content (AvgIpc) is 3.90. The Hall–Kier alpha value is -8.28. The van der Waals surface area contributed by atoms with Gasteiger partial charge in [0, 0.05) is 32.7 Å². The minimum absolute atomic E-state index is 0.348. The third-order valence-corrected chi connectivity index (χ3v) is 12.1. The first-order valence-corrected chi connectivity index (χ1v) is 21.0. The summed E-state index contributed by atoms with van der Waals surface area (Å²) < 4.78 is 9.34. The zero-order chi connectivity index (χ0) is 41.0. The van der Waals surface area contributed by atoms with E-state index in [0.717, 1.165) is 72.3 Å². The first-order chi connectivity index (χ1) is 30.7. The molecule has 1 N–H and O–H groups in total. The molecular formula is C57H38N4O. The molecule has 0 saturated carbocycles. The molecule has 9 aromatic carbocycles. The predicted octanol–water partition coefficient (Wildman–Crippen LogP) is 14.2. The van der Waals surface area contributed by atoms with Crippen LogP contribution in [0.1, 0.15) is 22.9 Å². The van der Waals surface area contributed by atoms with Crippen LogP contribution in [-0.2, 0) is 0 Å². The van der Waals surface area contributed by atoms with Crippen molar-refractivity contribution in [3.63, 3.8) is 0 Å². The maximum atomic E-state index is 6.98. The van der Waals surface area contributed by atoms with Crippen molar-refractivity contribution in [3.8, 4) is 39.1 Å². The maximum Gasteiger partial charge on any atom is 0.159 e. The molecular weight excluding hydrogens is 757 g/mol. The fourth-order valence-corrected chi connectivity index (χ4v) is 9.01. The molecule has 0 saturated heterocycles. The number of benzene rings is 9. The molecule has 0 amide bonds. The van der Waals surface area contributed by atoms with Crippen molar-refractivity contribution in [3.05, 3.63) is 235 Å². The summed E-state index contributed by atoms with van der Waals surface area (Å²) in [5, 5.41) is 8.17. The SMILES string of the molecule is c1ccc(C2=NC(c3cccc(-c4ccccc4)c3)NC(c3ccc4c(c3)oc3c(-n5c6ccc(-c7ccccc7)cc6c6cc(-c7ccccc7)ccc65)cccc34)=N2)cc1. The van der Waals surface area contributed by atoms with Crippen molar-refractivity contribution < 1.29 is 4.42 Å². The van der Waals surface area contributed by atoms with Crippen LogP contribution in [0, 0.1) is 0 Å². The van der Waals surface area contributed by atoms with Crippen LogP contribution in [0.5, 0.6) is 0 Å². The monoisotopic (exact) mass is 794 g/mol. The topological polar surface area (TPSA) is 54.8 Å². The van der Waals surface area contributed by atoms with Crippen LogP contribution in [-0.4, -0.2) is 16.2 Å². The number of fused-ring (bicyclic) bond motifs is 6. The molecule has 1 aliphatic heterocycles. The smallest absolute Gasteiger partial charge is 0.159 e. The highest BCUT2D eigenvalue weighted by atomic mass is 16.3. The largest absolute Gasteiger partial charge is 0.454 e. The lowest BCUT2D eigenvalue weighted by molar-refractivity contribution is 0.664. The van der Waals surface area contributed by atoms with E-state index in [9.17, 15) is 0 Å². The number of aromatic nitrogens is 1. The molecule has 0 spiro atoms. The minimum Gasteiger partial charge on any atom is -0.454 e. The van der Waals surface area contributed by atoms with Crippen LogP contribution in [0.2, 0.25) is 0 Å². The second-order valence-corrected chi connectivity index (χ2v) is 15.8. The van der Waals surface area contributed by atoms with E-state index in [1.54, 1.807) is 0 Å². The van der Waals surface area contributed by atoms with Gasteiger partial charge >= 0.3 is 0 Å². The van der Waals surface area contributed by atoms with Gasteiger partial charge in [0.15, 0.2) is 11.4 Å². The van der Waals surface area contributed by atoms with Crippen molar-refractivity contribution in [1.29, 1.82) is 0 Å². The van der Waals surface area contributed by atoms with Gasteiger partial charge in [-0.15, -0.1) is 0 Å². The Balaban J connectivity index is 0.989. The molecule has 1 atom stereocenters. The van der Waals surface area contributed by atoms with Gasteiger partial charge in [-0.3, -0.25) is 0 Å². The molecule has 0 fully saturated rings. The Kier molecular flexibility index (Phi) is 8.49. The molecule has 5 heteroatoms. The zero-order valence-corrected chi connectivity index (χ0v) is 33.6. The first-order valence-electron chi connectivity index (χ1n) is 21.0. The molecule has 5 nitrogen and oxygen atoms in total. The average molecular weight is 795 g/mol. The third kappa shape index (κ3) is 6.18. The second-order valence-electron chi connectivity index (χ2n) is 15.8. The van der Waals surface area contributed by atoms with Crippen LogP contribution in [0.3, 0.4) is 0 Å². The number of furan rings is 1. The van der Waals surface area contributed by atoms with Crippen LogP contribution in [0.4, 0.5) is 0 Å². The van der Waals surface area contributed by atoms with Crippen molar-refractivity contribution in [2.75, 3.05) is 0 Å². The van der Waals surface area contributed by atoms with E-state index in [-0.39, 0.29) is 6.17 Å². The highest BCUT2D eigenvalue weighted by Gasteiger charge is 2.24. The Morgan fingerprint density at radius 1 is 0.403 bits per heavy atom. The van der Waals surface area contributed by atoms with Crippen LogP contribution >= 0.6 is 0 Å². The van der Waals surface area contributed by atoms with E-state index in [2.05, 4.69) is 204 Å². The molecule has 3 heterocycles. The van der Waals surface area contributed by atoms with Gasteiger partial charge < -0.3 is 14.3 Å². The lowest BCUT2D eigenvalue weighted by Crippen LogP contribution is -2.33. The van der Waals surface area contributed by atoms with Gasteiger partial charge in [0.05, 0.1) is 16.7 Å². The van der Waals surface area contributed by atoms with Gasteiger partial charge in [-0.05, 0) is 87.5 Å². The summed E-state index contributed by atoms with van der Waals surface area (Å²) in [7, 11) is 0. The Morgan fingerprint density at radius 2 is 0.935 bits per heavy atom. The van der Waals surface area contributed by atoms with Gasteiger partial charge in [-0.25, -0.2) is 9.98 Å². The molecule has 292 valence electrons. The van der Waals surface area contributed by atoms with Crippen molar-refractivity contribution in [2.45, 2.75) is 6.17 Å². The molecule has 62 heavy (non-hydrogen) atoms. The molecule has 2 aromatic heterocycles. The van der Waals surface area contributed by atoms with E-state index >= 15 is 0 Å². The van der Waals surface area contributed by atoms with Crippen LogP contribution in [0.25, 0.3) is 82.8 Å². The van der Waals surface area contributed by atoms with Crippen LogP contribution in [0.15, 0.2) is 233 Å². The van der Waals surface area contributed by atoms with E-state index in [1.807, 2.05) is 24.3 Å².